The van der Waals surface area contributed by atoms with Gasteiger partial charge in [-0.15, -0.1) is 0 Å². The predicted octanol–water partition coefficient (Wildman–Crippen LogP) is 3.35. The van der Waals surface area contributed by atoms with Gasteiger partial charge in [0.15, 0.2) is 6.29 Å². The Bertz CT molecular complexity index is 1150. The lowest BCUT2D eigenvalue weighted by Crippen LogP contribution is -2.40. The van der Waals surface area contributed by atoms with Crippen molar-refractivity contribution in [1.82, 2.24) is 14.9 Å². The number of carbonyl (C=O) groups is 2. The van der Waals surface area contributed by atoms with Gasteiger partial charge in [0.05, 0.1) is 18.3 Å². The minimum absolute atomic E-state index is 0.0626. The fourth-order valence-electron chi connectivity index (χ4n) is 4.40. The largest absolute Gasteiger partial charge is 0.376 e. The predicted molar refractivity (Wildman–Crippen MR) is 124 cm³/mol. The second-order valence-electron chi connectivity index (χ2n) is 8.68. The van der Waals surface area contributed by atoms with Gasteiger partial charge in [-0.05, 0) is 56.0 Å². The molecule has 11 heteroatoms. The quantitative estimate of drug-likeness (QED) is 0.626. The molecule has 2 aromatic heterocycles. The van der Waals surface area contributed by atoms with Gasteiger partial charge in [-0.1, -0.05) is 0 Å². The van der Waals surface area contributed by atoms with Gasteiger partial charge in [0, 0.05) is 31.4 Å². The summed E-state index contributed by atoms with van der Waals surface area (Å²) >= 11 is 0. The number of likely N-dealkylation sites (N-methyl/N-ethyl adjacent to an activating group) is 1. The Morgan fingerprint density at radius 1 is 1.40 bits per heavy atom. The second-order valence-corrected chi connectivity index (χ2v) is 8.68. The van der Waals surface area contributed by atoms with Crippen molar-refractivity contribution in [3.63, 3.8) is 0 Å². The van der Waals surface area contributed by atoms with Crippen LogP contribution >= 0.6 is 0 Å². The average Bonchev–Trinajstić information content (AvgIpc) is 2.86. The van der Waals surface area contributed by atoms with Gasteiger partial charge in [-0.25, -0.2) is 23.5 Å². The smallest absolute Gasteiger partial charge is 0.328 e. The molecule has 1 saturated heterocycles. The van der Waals surface area contributed by atoms with Crippen LogP contribution in [-0.4, -0.2) is 66.6 Å². The number of anilines is 2. The third-order valence-electron chi connectivity index (χ3n) is 6.24. The molecule has 2 aromatic rings. The van der Waals surface area contributed by atoms with Gasteiger partial charge in [0.1, 0.15) is 23.4 Å². The molecular weight excluding hydrogens is 458 g/mol. The first-order chi connectivity index (χ1) is 16.9. The fraction of sp³-hybridized carbons (Fsp3) is 0.458. The molecule has 184 valence electrons. The van der Waals surface area contributed by atoms with Crippen LogP contribution in [0.15, 0.2) is 18.3 Å². The standard InChI is InChI=1S/C24H26F2N6O3/c1-31-7-8-35-18(13-31)5-4-15-10-21(28-12-17(15)11-27)30-24(34)32-6-2-3-16-9-19(22(25)26)20(14-33)29-23(16)32/h9-10,12,14,18,22H,2-8,13H2,1H3,(H,28,30,34). The maximum absolute atomic E-state index is 13.3. The van der Waals surface area contributed by atoms with Crippen molar-refractivity contribution in [3.05, 3.63) is 46.3 Å². The number of aryl methyl sites for hydroxylation is 2. The molecule has 4 heterocycles. The number of halogens is 2. The molecule has 0 saturated carbocycles. The maximum atomic E-state index is 13.3. The summed E-state index contributed by atoms with van der Waals surface area (Å²) in [5, 5.41) is 12.2. The van der Waals surface area contributed by atoms with Crippen molar-refractivity contribution in [3.8, 4) is 6.07 Å². The number of aromatic nitrogens is 2. The zero-order valence-electron chi connectivity index (χ0n) is 19.3. The van der Waals surface area contributed by atoms with Crippen LogP contribution in [0.2, 0.25) is 0 Å². The SMILES string of the molecule is CN1CCOC(CCc2cc(NC(=O)N3CCCc4cc(C(F)F)c(C=O)nc43)ncc2C#N)C1. The number of pyridine rings is 2. The Labute approximate surface area is 201 Å². The van der Waals surface area contributed by atoms with Gasteiger partial charge in [0.2, 0.25) is 0 Å². The first-order valence-electron chi connectivity index (χ1n) is 11.4. The Morgan fingerprint density at radius 2 is 2.23 bits per heavy atom. The summed E-state index contributed by atoms with van der Waals surface area (Å²) in [7, 11) is 2.04. The molecule has 1 fully saturated rings. The number of nitrogens with zero attached hydrogens (tertiary/aromatic N) is 5. The highest BCUT2D eigenvalue weighted by atomic mass is 19.3. The summed E-state index contributed by atoms with van der Waals surface area (Å²) in [6.45, 7) is 2.68. The first-order valence-corrected chi connectivity index (χ1v) is 11.4. The third kappa shape index (κ3) is 5.61. The molecular formula is C24H26F2N6O3. The molecule has 0 bridgehead atoms. The van der Waals surface area contributed by atoms with Crippen molar-refractivity contribution in [1.29, 1.82) is 5.26 Å². The van der Waals surface area contributed by atoms with E-state index >= 15 is 0 Å². The van der Waals surface area contributed by atoms with Crippen molar-refractivity contribution in [2.45, 2.75) is 38.2 Å². The number of rotatable bonds is 6. The van der Waals surface area contributed by atoms with Crippen molar-refractivity contribution >= 4 is 24.0 Å². The van der Waals surface area contributed by atoms with Crippen LogP contribution in [-0.2, 0) is 17.6 Å². The molecule has 0 aromatic carbocycles. The number of morpholine rings is 1. The number of hydrogen-bond donors (Lipinski definition) is 1. The van der Waals surface area contributed by atoms with Crippen molar-refractivity contribution in [2.24, 2.45) is 0 Å². The second kappa shape index (κ2) is 10.8. The van der Waals surface area contributed by atoms with Gasteiger partial charge in [-0.2, -0.15) is 5.26 Å². The molecule has 2 aliphatic heterocycles. The third-order valence-corrected chi connectivity index (χ3v) is 6.24. The van der Waals surface area contributed by atoms with Crippen molar-refractivity contribution < 1.29 is 23.1 Å². The highest BCUT2D eigenvalue weighted by Gasteiger charge is 2.28. The highest BCUT2D eigenvalue weighted by Crippen LogP contribution is 2.31. The summed E-state index contributed by atoms with van der Waals surface area (Å²) in [5.74, 6) is 0.449. The van der Waals surface area contributed by atoms with Crippen LogP contribution < -0.4 is 10.2 Å². The summed E-state index contributed by atoms with van der Waals surface area (Å²) in [6.07, 6.45) is 1.26. The number of amides is 2. The zero-order chi connectivity index (χ0) is 24.9. The van der Waals surface area contributed by atoms with E-state index in [0.29, 0.717) is 43.5 Å². The van der Waals surface area contributed by atoms with Crippen LogP contribution in [0, 0.1) is 11.3 Å². The number of nitriles is 1. The van der Waals surface area contributed by atoms with E-state index < -0.39 is 18.0 Å². The minimum Gasteiger partial charge on any atom is -0.376 e. The summed E-state index contributed by atoms with van der Waals surface area (Å²) in [4.78, 5) is 36.1. The van der Waals surface area contributed by atoms with Crippen LogP contribution in [0.4, 0.5) is 25.2 Å². The van der Waals surface area contributed by atoms with Gasteiger partial charge in [-0.3, -0.25) is 15.0 Å². The molecule has 0 radical (unpaired) electrons. The van der Waals surface area contributed by atoms with Crippen LogP contribution in [0.5, 0.6) is 0 Å². The summed E-state index contributed by atoms with van der Waals surface area (Å²) in [5.41, 5.74) is 0.836. The lowest BCUT2D eigenvalue weighted by Gasteiger charge is -2.30. The lowest BCUT2D eigenvalue weighted by molar-refractivity contribution is -0.0229. The highest BCUT2D eigenvalue weighted by molar-refractivity contribution is 6.01. The topological polar surface area (TPSA) is 111 Å². The number of urea groups is 1. The van der Waals surface area contributed by atoms with E-state index in [1.165, 1.54) is 17.2 Å². The van der Waals surface area contributed by atoms with E-state index in [9.17, 15) is 23.6 Å². The number of carbonyl (C=O) groups excluding carboxylic acids is 2. The molecule has 35 heavy (non-hydrogen) atoms. The Kier molecular flexibility index (Phi) is 7.63. The number of alkyl halides is 2. The van der Waals surface area contributed by atoms with E-state index in [1.807, 2.05) is 7.05 Å². The average molecular weight is 485 g/mol. The Morgan fingerprint density at radius 3 is 2.94 bits per heavy atom. The Hall–Kier alpha value is -3.49. The minimum atomic E-state index is -2.84. The van der Waals surface area contributed by atoms with E-state index in [2.05, 4.69) is 26.3 Å². The van der Waals surface area contributed by atoms with Crippen LogP contribution in [0.25, 0.3) is 0 Å². The van der Waals surface area contributed by atoms with E-state index in [1.54, 1.807) is 6.07 Å². The number of aldehydes is 1. The molecule has 2 aliphatic rings. The molecule has 9 nitrogen and oxygen atoms in total. The molecule has 0 aliphatic carbocycles. The zero-order valence-corrected chi connectivity index (χ0v) is 19.3. The van der Waals surface area contributed by atoms with Crippen molar-refractivity contribution in [2.75, 3.05) is 43.5 Å². The molecule has 1 N–H and O–H groups in total. The lowest BCUT2D eigenvalue weighted by atomic mass is 10.0. The first kappa shape index (κ1) is 24.6. The summed E-state index contributed by atoms with van der Waals surface area (Å²) in [6, 6.07) is 4.51. The normalized spacial score (nSPS) is 18.1. The van der Waals surface area contributed by atoms with E-state index in [4.69, 9.17) is 4.74 Å². The molecule has 0 spiro atoms. The monoisotopic (exact) mass is 484 g/mol. The van der Waals surface area contributed by atoms with Gasteiger partial charge >= 0.3 is 6.03 Å². The molecule has 2 amide bonds. The molecule has 4 rings (SSSR count). The summed E-state index contributed by atoms with van der Waals surface area (Å²) < 4.78 is 32.4. The number of ether oxygens (including phenoxy) is 1. The van der Waals surface area contributed by atoms with Crippen LogP contribution in [0.1, 0.15) is 52.0 Å². The molecule has 1 unspecified atom stereocenters. The number of fused-ring (bicyclic) bond motifs is 1. The Balaban J connectivity index is 1.51. The maximum Gasteiger partial charge on any atom is 0.328 e. The van der Waals surface area contributed by atoms with E-state index in [-0.39, 0.29) is 29.7 Å². The number of hydrogen-bond acceptors (Lipinski definition) is 7. The fourth-order valence-corrected chi connectivity index (χ4v) is 4.40. The number of nitrogens with one attached hydrogen (secondary N) is 1. The molecule has 1 atom stereocenters. The van der Waals surface area contributed by atoms with Gasteiger partial charge < -0.3 is 9.64 Å². The van der Waals surface area contributed by atoms with Crippen LogP contribution in [0.3, 0.4) is 0 Å². The van der Waals surface area contributed by atoms with E-state index in [0.717, 1.165) is 25.1 Å². The van der Waals surface area contributed by atoms with Gasteiger partial charge in [0.25, 0.3) is 6.43 Å².